The third-order valence-electron chi connectivity index (χ3n) is 7.15. The van der Waals surface area contributed by atoms with Gasteiger partial charge in [0.05, 0.1) is 24.0 Å². The van der Waals surface area contributed by atoms with Gasteiger partial charge in [0.15, 0.2) is 5.13 Å². The van der Waals surface area contributed by atoms with Crippen molar-refractivity contribution in [2.45, 2.75) is 37.0 Å². The van der Waals surface area contributed by atoms with Crippen LogP contribution in [0.4, 0.5) is 10.8 Å². The summed E-state index contributed by atoms with van der Waals surface area (Å²) in [7, 11) is 0. The van der Waals surface area contributed by atoms with E-state index < -0.39 is 17.1 Å². The smallest absolute Gasteiger partial charge is 0.311 e. The van der Waals surface area contributed by atoms with Gasteiger partial charge in [-0.05, 0) is 73.5 Å². The van der Waals surface area contributed by atoms with Crippen LogP contribution in [-0.4, -0.2) is 40.5 Å². The number of aromatic nitrogens is 1. The molecule has 12 heteroatoms. The summed E-state index contributed by atoms with van der Waals surface area (Å²) in [5.41, 5.74) is 3.17. The average molecular weight is 721 g/mol. The van der Waals surface area contributed by atoms with E-state index in [2.05, 4.69) is 20.9 Å². The van der Waals surface area contributed by atoms with E-state index in [0.717, 1.165) is 10.5 Å². The van der Waals surface area contributed by atoms with Crippen molar-refractivity contribution in [2.75, 3.05) is 17.2 Å². The van der Waals surface area contributed by atoms with Gasteiger partial charge in [0.2, 0.25) is 5.91 Å². The Hall–Kier alpha value is -5.72. The monoisotopic (exact) mass is 720 g/mol. The number of nitrogens with zero attached hydrogens (tertiary/aromatic N) is 1. The van der Waals surface area contributed by atoms with E-state index in [0.29, 0.717) is 40.0 Å². The Bertz CT molecular complexity index is 1980. The summed E-state index contributed by atoms with van der Waals surface area (Å²) < 4.78 is 10.8. The molecule has 1 aromatic heterocycles. The number of esters is 1. The predicted molar refractivity (Wildman–Crippen MR) is 201 cm³/mol. The molecule has 0 radical (unpaired) electrons. The highest BCUT2D eigenvalue weighted by molar-refractivity contribution is 8.00. The summed E-state index contributed by atoms with van der Waals surface area (Å²) in [6, 6.07) is 32.8. The number of nitrogens with one attached hydrogen (secondary N) is 3. The van der Waals surface area contributed by atoms with Crippen molar-refractivity contribution in [3.63, 3.8) is 0 Å². The highest BCUT2D eigenvalue weighted by Gasteiger charge is 2.19. The number of ether oxygens (including phenoxy) is 2. The molecule has 0 aliphatic rings. The van der Waals surface area contributed by atoms with Crippen LogP contribution in [0.2, 0.25) is 0 Å². The molecule has 0 saturated carbocycles. The van der Waals surface area contributed by atoms with E-state index in [1.54, 1.807) is 98.1 Å². The third-order valence-corrected chi connectivity index (χ3v) is 9.06. The molecule has 0 aliphatic carbocycles. The molecule has 4 aromatic carbocycles. The lowest BCUT2D eigenvalue weighted by atomic mass is 10.1. The summed E-state index contributed by atoms with van der Waals surface area (Å²) in [6.45, 7) is 4.20. The Morgan fingerprint density at radius 2 is 1.61 bits per heavy atom. The molecule has 0 fully saturated rings. The van der Waals surface area contributed by atoms with Crippen LogP contribution in [0.25, 0.3) is 6.08 Å². The summed E-state index contributed by atoms with van der Waals surface area (Å²) in [5.74, 6) is -0.942. The van der Waals surface area contributed by atoms with Crippen LogP contribution >= 0.6 is 23.1 Å². The van der Waals surface area contributed by atoms with Crippen molar-refractivity contribution < 1.29 is 28.7 Å². The first-order chi connectivity index (χ1) is 24.7. The van der Waals surface area contributed by atoms with Crippen molar-refractivity contribution in [3.05, 3.63) is 143 Å². The zero-order valence-corrected chi connectivity index (χ0v) is 29.6. The second-order valence-electron chi connectivity index (χ2n) is 11.1. The Balaban J connectivity index is 1.24. The minimum Gasteiger partial charge on any atom is -0.489 e. The van der Waals surface area contributed by atoms with E-state index in [-0.39, 0.29) is 30.6 Å². The number of thioether (sulfide) groups is 1. The lowest BCUT2D eigenvalue weighted by molar-refractivity contribution is -0.142. The summed E-state index contributed by atoms with van der Waals surface area (Å²) >= 11 is 2.53. The van der Waals surface area contributed by atoms with Crippen LogP contribution in [0.3, 0.4) is 0 Å². The lowest BCUT2D eigenvalue weighted by Crippen LogP contribution is -2.30. The Labute approximate surface area is 304 Å². The molecule has 5 rings (SSSR count). The number of hydrogen-bond donors (Lipinski definition) is 3. The molecule has 0 bridgehead atoms. The lowest BCUT2D eigenvalue weighted by Gasteiger charge is -2.14. The van der Waals surface area contributed by atoms with Gasteiger partial charge in [0.25, 0.3) is 11.8 Å². The van der Waals surface area contributed by atoms with E-state index in [1.807, 2.05) is 36.4 Å². The normalized spacial score (nSPS) is 11.6. The van der Waals surface area contributed by atoms with Crippen LogP contribution in [0.5, 0.6) is 5.75 Å². The van der Waals surface area contributed by atoms with Crippen molar-refractivity contribution in [3.8, 4) is 5.75 Å². The fraction of sp³-hybridized carbons (Fsp3) is 0.154. The largest absolute Gasteiger partial charge is 0.489 e. The van der Waals surface area contributed by atoms with E-state index >= 15 is 0 Å². The molecule has 0 aliphatic heterocycles. The third kappa shape index (κ3) is 11.4. The molecule has 0 spiro atoms. The number of hydrogen-bond acceptors (Lipinski definition) is 9. The second kappa shape index (κ2) is 18.3. The van der Waals surface area contributed by atoms with Crippen molar-refractivity contribution in [1.82, 2.24) is 10.3 Å². The summed E-state index contributed by atoms with van der Waals surface area (Å²) in [4.78, 5) is 56.5. The first kappa shape index (κ1) is 36.6. The Morgan fingerprint density at radius 1 is 0.882 bits per heavy atom. The fourth-order valence-corrected chi connectivity index (χ4v) is 6.27. The number of rotatable bonds is 15. The van der Waals surface area contributed by atoms with Crippen molar-refractivity contribution in [2.24, 2.45) is 0 Å². The van der Waals surface area contributed by atoms with Gasteiger partial charge in [-0.2, -0.15) is 0 Å². The number of anilines is 2. The predicted octanol–water partition coefficient (Wildman–Crippen LogP) is 7.36. The van der Waals surface area contributed by atoms with Gasteiger partial charge in [-0.1, -0.05) is 66.7 Å². The molecular weight excluding hydrogens is 685 g/mol. The average Bonchev–Trinajstić information content (AvgIpc) is 3.58. The zero-order valence-electron chi connectivity index (χ0n) is 28.0. The van der Waals surface area contributed by atoms with Gasteiger partial charge in [0.1, 0.15) is 18.1 Å². The van der Waals surface area contributed by atoms with Gasteiger partial charge in [-0.3, -0.25) is 19.2 Å². The van der Waals surface area contributed by atoms with Gasteiger partial charge in [0, 0.05) is 21.5 Å². The number of thiazole rings is 1. The molecule has 5 aromatic rings. The van der Waals surface area contributed by atoms with Crippen LogP contribution in [0, 0.1) is 0 Å². The molecule has 3 N–H and O–H groups in total. The number of carbonyl (C=O) groups is 4. The summed E-state index contributed by atoms with van der Waals surface area (Å²) in [5, 5.41) is 10.0. The number of amides is 3. The van der Waals surface area contributed by atoms with E-state index in [9.17, 15) is 19.2 Å². The quantitative estimate of drug-likeness (QED) is 0.0580. The maximum Gasteiger partial charge on any atom is 0.311 e. The van der Waals surface area contributed by atoms with E-state index in [4.69, 9.17) is 9.47 Å². The first-order valence-electron chi connectivity index (χ1n) is 16.1. The van der Waals surface area contributed by atoms with Gasteiger partial charge < -0.3 is 25.4 Å². The number of carbonyl (C=O) groups excluding carboxylic acids is 4. The molecule has 0 saturated heterocycles. The Kier molecular flexibility index (Phi) is 13.1. The van der Waals surface area contributed by atoms with Gasteiger partial charge in [-0.25, -0.2) is 4.98 Å². The molecule has 3 amide bonds. The minimum atomic E-state index is -0.529. The fourth-order valence-electron chi connectivity index (χ4n) is 4.63. The molecular formula is C39H36N4O6S2. The minimum absolute atomic E-state index is 0.0340. The maximum absolute atomic E-state index is 13.6. The second-order valence-corrected chi connectivity index (χ2v) is 13.4. The molecule has 1 atom stereocenters. The molecule has 1 unspecified atom stereocenters. The highest BCUT2D eigenvalue weighted by atomic mass is 32.2. The van der Waals surface area contributed by atoms with Crippen LogP contribution in [0.1, 0.15) is 41.0 Å². The molecule has 1 heterocycles. The van der Waals surface area contributed by atoms with Crippen molar-refractivity contribution in [1.29, 1.82) is 0 Å². The molecule has 10 nitrogen and oxygen atoms in total. The van der Waals surface area contributed by atoms with Crippen LogP contribution in [0.15, 0.2) is 125 Å². The zero-order chi connectivity index (χ0) is 36.0. The topological polar surface area (TPSA) is 136 Å². The number of benzene rings is 4. The summed E-state index contributed by atoms with van der Waals surface area (Å²) in [6.07, 6.45) is 1.63. The van der Waals surface area contributed by atoms with E-state index in [1.165, 1.54) is 23.1 Å². The van der Waals surface area contributed by atoms with Crippen LogP contribution < -0.4 is 20.7 Å². The van der Waals surface area contributed by atoms with Crippen molar-refractivity contribution >= 4 is 63.7 Å². The SMILES string of the molecule is CCOC(=O)Cc1csc(NC(=O)C(C)Sc2cccc(NC(=O)/C(=C/c3ccc(OCc4ccccc4)cc3)NC(=O)c3ccccc3)c2)n1. The van der Waals surface area contributed by atoms with Gasteiger partial charge >= 0.3 is 5.97 Å². The van der Waals surface area contributed by atoms with Crippen LogP contribution in [-0.2, 0) is 32.1 Å². The maximum atomic E-state index is 13.6. The molecule has 260 valence electrons. The standard InChI is InChI=1S/C39H36N4O6S2/c1-3-48-35(44)23-31-25-50-39(41-31)43-36(45)26(2)51-33-16-10-15-30(22-33)40-38(47)34(42-37(46)29-13-8-5-9-14-29)21-27-17-19-32(20-18-27)49-24-28-11-6-4-7-12-28/h4-22,25-26H,3,23-24H2,1-2H3,(H,40,47)(H,42,46)(H,41,43,45)/b34-21-. The Morgan fingerprint density at radius 3 is 2.33 bits per heavy atom. The first-order valence-corrected chi connectivity index (χ1v) is 17.9. The molecule has 51 heavy (non-hydrogen) atoms. The van der Waals surface area contributed by atoms with Gasteiger partial charge in [-0.15, -0.1) is 23.1 Å². The highest BCUT2D eigenvalue weighted by Crippen LogP contribution is 2.28.